The number of phenols is 1. The summed E-state index contributed by atoms with van der Waals surface area (Å²) in [6, 6.07) is 9.01. The number of anilines is 2. The molecule has 0 unspecified atom stereocenters. The van der Waals surface area contributed by atoms with Crippen LogP contribution in [0.4, 0.5) is 11.4 Å². The zero-order chi connectivity index (χ0) is 20.6. The van der Waals surface area contributed by atoms with Gasteiger partial charge in [-0.05, 0) is 42.5 Å². The quantitative estimate of drug-likeness (QED) is 0.658. The van der Waals surface area contributed by atoms with Crippen molar-refractivity contribution in [3.8, 4) is 5.75 Å². The number of nitrogens with zero attached hydrogens (tertiary/aromatic N) is 1. The van der Waals surface area contributed by atoms with Gasteiger partial charge in [-0.2, -0.15) is 0 Å². The molecule has 0 aliphatic carbocycles. The first kappa shape index (κ1) is 19.4. The second-order valence-electron chi connectivity index (χ2n) is 6.32. The molecule has 9 nitrogen and oxygen atoms in total. The number of aromatic carboxylic acids is 1. The molecule has 1 aliphatic heterocycles. The van der Waals surface area contributed by atoms with Crippen LogP contribution >= 0.6 is 0 Å². The number of nitrogens with one attached hydrogen (secondary N) is 1. The Morgan fingerprint density at radius 2 is 1.79 bits per heavy atom. The van der Waals surface area contributed by atoms with E-state index in [4.69, 9.17) is 5.11 Å². The van der Waals surface area contributed by atoms with Gasteiger partial charge in [0.2, 0.25) is 15.9 Å². The van der Waals surface area contributed by atoms with Gasteiger partial charge in [-0.1, -0.05) is 6.92 Å². The number of carbonyl (C=O) groups is 3. The van der Waals surface area contributed by atoms with Gasteiger partial charge in [0.25, 0.3) is 5.91 Å². The van der Waals surface area contributed by atoms with Crippen LogP contribution in [0.2, 0.25) is 0 Å². The highest BCUT2D eigenvalue weighted by Crippen LogP contribution is 2.28. The van der Waals surface area contributed by atoms with Gasteiger partial charge in [0.15, 0.2) is 0 Å². The topological polar surface area (TPSA) is 141 Å². The molecule has 0 saturated carbocycles. The first-order valence-electron chi connectivity index (χ1n) is 8.15. The SMILES string of the molecule is C[C@@H]1CS(=O)(=O)N(c2ccc(C(=O)Nc3ccc(O)c(C(=O)O)c3)cc2)C1=O. The van der Waals surface area contributed by atoms with Crippen molar-refractivity contribution in [2.24, 2.45) is 5.92 Å². The van der Waals surface area contributed by atoms with Gasteiger partial charge in [-0.3, -0.25) is 9.59 Å². The van der Waals surface area contributed by atoms with Crippen molar-refractivity contribution in [3.63, 3.8) is 0 Å². The lowest BCUT2D eigenvalue weighted by Gasteiger charge is -2.15. The lowest BCUT2D eigenvalue weighted by atomic mass is 10.1. The summed E-state index contributed by atoms with van der Waals surface area (Å²) in [5.74, 6) is -3.77. The largest absolute Gasteiger partial charge is 0.507 e. The Hall–Kier alpha value is -3.40. The first-order valence-corrected chi connectivity index (χ1v) is 9.75. The number of hydrogen-bond acceptors (Lipinski definition) is 6. The highest BCUT2D eigenvalue weighted by molar-refractivity contribution is 7.94. The maximum Gasteiger partial charge on any atom is 0.339 e. The summed E-state index contributed by atoms with van der Waals surface area (Å²) in [7, 11) is -3.73. The summed E-state index contributed by atoms with van der Waals surface area (Å²) in [5, 5.41) is 21.0. The molecule has 10 heteroatoms. The van der Waals surface area contributed by atoms with Crippen LogP contribution in [0.1, 0.15) is 27.6 Å². The molecule has 2 aromatic rings. The molecule has 1 aliphatic rings. The molecular weight excluding hydrogens is 388 g/mol. The summed E-state index contributed by atoms with van der Waals surface area (Å²) in [4.78, 5) is 35.5. The van der Waals surface area contributed by atoms with E-state index in [0.29, 0.717) is 0 Å². The number of amides is 2. The summed E-state index contributed by atoms with van der Waals surface area (Å²) < 4.78 is 25.0. The number of aromatic hydroxyl groups is 1. The summed E-state index contributed by atoms with van der Waals surface area (Å²) in [6.07, 6.45) is 0. The third-order valence-corrected chi connectivity index (χ3v) is 6.08. The number of rotatable bonds is 4. The predicted molar refractivity (Wildman–Crippen MR) is 99.9 cm³/mol. The fourth-order valence-electron chi connectivity index (χ4n) is 2.82. The molecule has 146 valence electrons. The van der Waals surface area contributed by atoms with Crippen molar-refractivity contribution in [2.45, 2.75) is 6.92 Å². The van der Waals surface area contributed by atoms with Gasteiger partial charge < -0.3 is 15.5 Å². The zero-order valence-corrected chi connectivity index (χ0v) is 15.4. The van der Waals surface area contributed by atoms with Crippen LogP contribution in [0.25, 0.3) is 0 Å². The van der Waals surface area contributed by atoms with Crippen molar-refractivity contribution >= 4 is 39.2 Å². The molecular formula is C18H16N2O7S. The molecule has 0 aromatic heterocycles. The van der Waals surface area contributed by atoms with Crippen LogP contribution in [0, 0.1) is 5.92 Å². The highest BCUT2D eigenvalue weighted by atomic mass is 32.2. The summed E-state index contributed by atoms with van der Waals surface area (Å²) in [5.41, 5.74) is 0.116. The van der Waals surface area contributed by atoms with Gasteiger partial charge in [0, 0.05) is 11.3 Å². The van der Waals surface area contributed by atoms with Gasteiger partial charge in [-0.25, -0.2) is 17.5 Å². The van der Waals surface area contributed by atoms with Gasteiger partial charge >= 0.3 is 5.97 Å². The van der Waals surface area contributed by atoms with Crippen LogP contribution < -0.4 is 9.62 Å². The molecule has 0 spiro atoms. The maximum absolute atomic E-state index is 12.3. The number of carboxylic acid groups (broad SMARTS) is 1. The Labute approximate surface area is 160 Å². The number of carboxylic acids is 1. The summed E-state index contributed by atoms with van der Waals surface area (Å²) >= 11 is 0. The van der Waals surface area contributed by atoms with Crippen molar-refractivity contribution in [1.29, 1.82) is 0 Å². The Morgan fingerprint density at radius 3 is 2.32 bits per heavy atom. The minimum atomic E-state index is -3.73. The molecule has 3 N–H and O–H groups in total. The second kappa shape index (κ2) is 6.97. The average Bonchev–Trinajstić information content (AvgIpc) is 2.83. The van der Waals surface area contributed by atoms with Gasteiger partial charge in [0.1, 0.15) is 11.3 Å². The molecule has 2 amide bonds. The second-order valence-corrected chi connectivity index (χ2v) is 8.18. The van der Waals surface area contributed by atoms with Crippen molar-refractivity contribution < 1.29 is 33.0 Å². The van der Waals surface area contributed by atoms with Crippen LogP contribution in [0.15, 0.2) is 42.5 Å². The molecule has 1 heterocycles. The van der Waals surface area contributed by atoms with E-state index in [1.165, 1.54) is 37.3 Å². The van der Waals surface area contributed by atoms with Crippen LogP contribution in [-0.4, -0.2) is 42.2 Å². The van der Waals surface area contributed by atoms with Crippen molar-refractivity contribution in [3.05, 3.63) is 53.6 Å². The number of benzene rings is 2. The average molecular weight is 404 g/mol. The highest BCUT2D eigenvalue weighted by Gasteiger charge is 2.41. The monoisotopic (exact) mass is 404 g/mol. The number of hydrogen-bond donors (Lipinski definition) is 3. The molecule has 28 heavy (non-hydrogen) atoms. The Morgan fingerprint density at radius 1 is 1.14 bits per heavy atom. The van der Waals surface area contributed by atoms with E-state index in [-0.39, 0.29) is 28.3 Å². The van der Waals surface area contributed by atoms with Crippen LogP contribution in [0.5, 0.6) is 5.75 Å². The van der Waals surface area contributed by atoms with E-state index < -0.39 is 39.5 Å². The molecule has 0 bridgehead atoms. The van der Waals surface area contributed by atoms with Crippen molar-refractivity contribution in [1.82, 2.24) is 0 Å². The fraction of sp³-hybridized carbons (Fsp3) is 0.167. The minimum Gasteiger partial charge on any atom is -0.507 e. The van der Waals surface area contributed by atoms with Gasteiger partial charge in [0.05, 0.1) is 17.4 Å². The number of sulfonamides is 1. The third-order valence-electron chi connectivity index (χ3n) is 4.21. The van der Waals surface area contributed by atoms with E-state index in [0.717, 1.165) is 16.4 Å². The standard InChI is InChI=1S/C18H16N2O7S/c1-10-9-28(26,27)20(17(10)23)13-5-2-11(3-6-13)16(22)19-12-4-7-15(21)14(8-12)18(24)25/h2-8,10,21H,9H2,1H3,(H,19,22)(H,24,25)/t10-/m1/s1. The van der Waals surface area contributed by atoms with E-state index >= 15 is 0 Å². The smallest absolute Gasteiger partial charge is 0.339 e. The van der Waals surface area contributed by atoms with Crippen LogP contribution in [-0.2, 0) is 14.8 Å². The lowest BCUT2D eigenvalue weighted by molar-refractivity contribution is -0.119. The van der Waals surface area contributed by atoms with Crippen molar-refractivity contribution in [2.75, 3.05) is 15.4 Å². The predicted octanol–water partition coefficient (Wildman–Crippen LogP) is 1.66. The fourth-order valence-corrected chi connectivity index (χ4v) is 4.64. The lowest BCUT2D eigenvalue weighted by Crippen LogP contribution is -2.30. The van der Waals surface area contributed by atoms with Gasteiger partial charge in [-0.15, -0.1) is 0 Å². The third kappa shape index (κ3) is 3.54. The normalized spacial score (nSPS) is 18.1. The Bertz CT molecular complexity index is 1080. The molecule has 0 radical (unpaired) electrons. The van der Waals surface area contributed by atoms with E-state index in [1.807, 2.05) is 0 Å². The molecule has 2 aromatic carbocycles. The molecule has 3 rings (SSSR count). The Balaban J connectivity index is 1.81. The zero-order valence-electron chi connectivity index (χ0n) is 14.6. The Kier molecular flexibility index (Phi) is 4.82. The van der Waals surface area contributed by atoms with E-state index in [1.54, 1.807) is 0 Å². The van der Waals surface area contributed by atoms with E-state index in [2.05, 4.69) is 5.32 Å². The molecule has 1 fully saturated rings. The van der Waals surface area contributed by atoms with Crippen LogP contribution in [0.3, 0.4) is 0 Å². The van der Waals surface area contributed by atoms with E-state index in [9.17, 15) is 27.9 Å². The maximum atomic E-state index is 12.3. The first-order chi connectivity index (χ1) is 13.1. The molecule has 1 saturated heterocycles. The summed E-state index contributed by atoms with van der Waals surface area (Å²) in [6.45, 7) is 1.53. The number of carbonyl (C=O) groups excluding carboxylic acids is 2. The molecule has 1 atom stereocenters. The minimum absolute atomic E-state index is 0.142.